The first kappa shape index (κ1) is 26.4. The lowest BCUT2D eigenvalue weighted by molar-refractivity contribution is -0.140. The van der Waals surface area contributed by atoms with Crippen LogP contribution in [0.1, 0.15) is 31.0 Å². The summed E-state index contributed by atoms with van der Waals surface area (Å²) < 4.78 is 16.0. The van der Waals surface area contributed by atoms with Gasteiger partial charge in [0.1, 0.15) is 23.0 Å². The summed E-state index contributed by atoms with van der Waals surface area (Å²) in [6.07, 6.45) is 0. The number of likely N-dealkylation sites (tertiary alicyclic amines) is 1. The maximum absolute atomic E-state index is 13.3. The summed E-state index contributed by atoms with van der Waals surface area (Å²) in [5.41, 5.74) is 0.790. The van der Waals surface area contributed by atoms with E-state index in [0.29, 0.717) is 30.2 Å². The summed E-state index contributed by atoms with van der Waals surface area (Å²) in [4.78, 5) is 30.2. The van der Waals surface area contributed by atoms with Crippen molar-refractivity contribution >= 4 is 29.1 Å². The maximum Gasteiger partial charge on any atom is 0.295 e. The van der Waals surface area contributed by atoms with E-state index >= 15 is 0 Å². The molecular formula is C26H31ClN2O6. The highest BCUT2D eigenvalue weighted by Crippen LogP contribution is 2.43. The fourth-order valence-electron chi connectivity index (χ4n) is 4.25. The monoisotopic (exact) mass is 502 g/mol. The molecule has 188 valence electrons. The third-order valence-electron chi connectivity index (χ3n) is 6.23. The number of likely N-dealkylation sites (N-methyl/N-ethyl adjacent to an activating group) is 1. The van der Waals surface area contributed by atoms with Crippen LogP contribution in [0.5, 0.6) is 17.2 Å². The number of Topliss-reactive ketones (excluding diaryl/α,β-unsaturated/α-hetero) is 1. The van der Waals surface area contributed by atoms with Crippen LogP contribution in [-0.2, 0) is 9.59 Å². The van der Waals surface area contributed by atoms with Crippen molar-refractivity contribution in [3.8, 4) is 17.2 Å². The fraction of sp³-hybridized carbons (Fsp3) is 0.385. The molecule has 1 aliphatic heterocycles. The number of hydrogen-bond acceptors (Lipinski definition) is 7. The highest BCUT2D eigenvalue weighted by atomic mass is 35.5. The summed E-state index contributed by atoms with van der Waals surface area (Å²) >= 11 is 6.31. The maximum atomic E-state index is 13.3. The first-order valence-electron chi connectivity index (χ1n) is 11.4. The minimum Gasteiger partial charge on any atom is -0.507 e. The van der Waals surface area contributed by atoms with Crippen LogP contribution >= 0.6 is 11.6 Å². The number of aliphatic hydroxyl groups excluding tert-OH is 1. The molecule has 0 spiro atoms. The number of benzene rings is 2. The van der Waals surface area contributed by atoms with E-state index in [2.05, 4.69) is 4.90 Å². The summed E-state index contributed by atoms with van der Waals surface area (Å²) in [6, 6.07) is 9.28. The highest BCUT2D eigenvalue weighted by Gasteiger charge is 2.46. The van der Waals surface area contributed by atoms with Crippen molar-refractivity contribution in [3.05, 3.63) is 58.1 Å². The molecule has 0 aliphatic carbocycles. The van der Waals surface area contributed by atoms with Gasteiger partial charge in [0, 0.05) is 19.2 Å². The molecule has 2 aromatic rings. The number of aliphatic hydroxyl groups is 1. The van der Waals surface area contributed by atoms with Crippen LogP contribution in [-0.4, -0.2) is 74.1 Å². The number of amides is 1. The van der Waals surface area contributed by atoms with Gasteiger partial charge in [0.15, 0.2) is 0 Å². The molecule has 1 heterocycles. The average molecular weight is 503 g/mol. The van der Waals surface area contributed by atoms with Crippen molar-refractivity contribution in [2.24, 2.45) is 0 Å². The molecule has 1 aliphatic rings. The first-order chi connectivity index (χ1) is 16.8. The van der Waals surface area contributed by atoms with E-state index in [4.69, 9.17) is 25.8 Å². The predicted molar refractivity (Wildman–Crippen MR) is 134 cm³/mol. The van der Waals surface area contributed by atoms with Crippen molar-refractivity contribution in [1.82, 2.24) is 9.80 Å². The zero-order valence-corrected chi connectivity index (χ0v) is 21.4. The van der Waals surface area contributed by atoms with E-state index in [1.807, 2.05) is 13.8 Å². The van der Waals surface area contributed by atoms with E-state index in [1.54, 1.807) is 31.4 Å². The number of nitrogens with zero attached hydrogens (tertiary/aromatic N) is 2. The number of rotatable bonds is 10. The van der Waals surface area contributed by atoms with Gasteiger partial charge in [-0.3, -0.25) is 9.59 Å². The van der Waals surface area contributed by atoms with Crippen molar-refractivity contribution in [3.63, 3.8) is 0 Å². The molecule has 1 fully saturated rings. The largest absolute Gasteiger partial charge is 0.507 e. The third-order valence-corrected chi connectivity index (χ3v) is 6.53. The van der Waals surface area contributed by atoms with E-state index < -0.39 is 17.7 Å². The fourth-order valence-corrected chi connectivity index (χ4v) is 4.49. The average Bonchev–Trinajstić information content (AvgIpc) is 3.13. The quantitative estimate of drug-likeness (QED) is 0.297. The Kier molecular flexibility index (Phi) is 8.64. The van der Waals surface area contributed by atoms with Gasteiger partial charge in [0.05, 0.1) is 43.5 Å². The lowest BCUT2D eigenvalue weighted by Gasteiger charge is -2.28. The minimum atomic E-state index is -0.814. The van der Waals surface area contributed by atoms with Gasteiger partial charge in [-0.2, -0.15) is 0 Å². The molecule has 1 saturated heterocycles. The normalized spacial score (nSPS) is 17.2. The molecule has 1 N–H and O–H groups in total. The van der Waals surface area contributed by atoms with Crippen LogP contribution in [0.15, 0.2) is 42.0 Å². The molecule has 0 aromatic heterocycles. The highest BCUT2D eigenvalue weighted by molar-refractivity contribution is 6.46. The second kappa shape index (κ2) is 11.5. The van der Waals surface area contributed by atoms with Crippen molar-refractivity contribution in [1.29, 1.82) is 0 Å². The molecule has 2 aromatic carbocycles. The molecule has 35 heavy (non-hydrogen) atoms. The van der Waals surface area contributed by atoms with Crippen LogP contribution in [0, 0.1) is 0 Å². The summed E-state index contributed by atoms with van der Waals surface area (Å²) in [5.74, 6) is -0.648. The molecular weight excluding hydrogens is 472 g/mol. The second-order valence-corrected chi connectivity index (χ2v) is 8.39. The molecule has 3 rings (SSSR count). The smallest absolute Gasteiger partial charge is 0.295 e. The van der Waals surface area contributed by atoms with Gasteiger partial charge in [-0.1, -0.05) is 37.6 Å². The van der Waals surface area contributed by atoms with Crippen LogP contribution in [0.25, 0.3) is 5.76 Å². The lowest BCUT2D eigenvalue weighted by atomic mass is 9.94. The van der Waals surface area contributed by atoms with Crippen molar-refractivity contribution < 1.29 is 28.9 Å². The SMILES string of the molecule is CCN(CC)CCN1C(=O)C(=O)/C(=C(/O)c2cc(Cl)c(OC)cc2OC)C1c1cccc(OC)c1. The third kappa shape index (κ3) is 5.23. The molecule has 9 heteroatoms. The van der Waals surface area contributed by atoms with E-state index in [1.165, 1.54) is 31.3 Å². The summed E-state index contributed by atoms with van der Waals surface area (Å²) in [6.45, 7) is 6.59. The molecule has 8 nitrogen and oxygen atoms in total. The van der Waals surface area contributed by atoms with E-state index in [9.17, 15) is 14.7 Å². The predicted octanol–water partition coefficient (Wildman–Crippen LogP) is 4.13. The molecule has 1 unspecified atom stereocenters. The number of carbonyl (C=O) groups is 2. The topological polar surface area (TPSA) is 88.5 Å². The number of halogens is 1. The van der Waals surface area contributed by atoms with Gasteiger partial charge in [-0.05, 0) is 36.9 Å². The van der Waals surface area contributed by atoms with Gasteiger partial charge < -0.3 is 29.1 Å². The Balaban J connectivity index is 2.20. The van der Waals surface area contributed by atoms with Crippen molar-refractivity contribution in [2.45, 2.75) is 19.9 Å². The Morgan fingerprint density at radius 1 is 1.03 bits per heavy atom. The number of ketones is 1. The zero-order chi connectivity index (χ0) is 25.7. The Labute approximate surface area is 210 Å². The van der Waals surface area contributed by atoms with Crippen LogP contribution < -0.4 is 14.2 Å². The number of hydrogen-bond donors (Lipinski definition) is 1. The van der Waals surface area contributed by atoms with Gasteiger partial charge >= 0.3 is 0 Å². The van der Waals surface area contributed by atoms with Crippen LogP contribution in [0.3, 0.4) is 0 Å². The molecule has 1 atom stereocenters. The standard InChI is InChI=1S/C26H31ClN2O6/c1-6-28(7-2)11-12-29-23(16-9-8-10-17(13-16)33-3)22(25(31)26(29)32)24(30)18-14-19(27)21(35-5)15-20(18)34-4/h8-10,13-15,23,30H,6-7,11-12H2,1-5H3/b24-22+. The van der Waals surface area contributed by atoms with Gasteiger partial charge in [-0.15, -0.1) is 0 Å². The minimum absolute atomic E-state index is 0.0395. The first-order valence-corrected chi connectivity index (χ1v) is 11.8. The van der Waals surface area contributed by atoms with E-state index in [0.717, 1.165) is 13.1 Å². The molecule has 0 saturated carbocycles. The Hall–Kier alpha value is -3.23. The molecule has 0 radical (unpaired) electrons. The van der Waals surface area contributed by atoms with E-state index in [-0.39, 0.29) is 27.7 Å². The Morgan fingerprint density at radius 2 is 1.71 bits per heavy atom. The second-order valence-electron chi connectivity index (χ2n) is 7.98. The summed E-state index contributed by atoms with van der Waals surface area (Å²) in [7, 11) is 4.44. The van der Waals surface area contributed by atoms with Gasteiger partial charge in [0.2, 0.25) is 0 Å². The van der Waals surface area contributed by atoms with Crippen molar-refractivity contribution in [2.75, 3.05) is 47.5 Å². The number of methoxy groups -OCH3 is 3. The zero-order valence-electron chi connectivity index (χ0n) is 20.6. The van der Waals surface area contributed by atoms with Crippen LogP contribution in [0.4, 0.5) is 0 Å². The lowest BCUT2D eigenvalue weighted by Crippen LogP contribution is -2.38. The Bertz CT molecular complexity index is 1130. The number of ether oxygens (including phenoxy) is 3. The van der Waals surface area contributed by atoms with Gasteiger partial charge in [0.25, 0.3) is 11.7 Å². The molecule has 0 bridgehead atoms. The van der Waals surface area contributed by atoms with Gasteiger partial charge in [-0.25, -0.2) is 0 Å². The van der Waals surface area contributed by atoms with Crippen LogP contribution in [0.2, 0.25) is 5.02 Å². The summed E-state index contributed by atoms with van der Waals surface area (Å²) in [5, 5.41) is 11.6. The Morgan fingerprint density at radius 3 is 2.31 bits per heavy atom. The molecule has 1 amide bonds. The number of carbonyl (C=O) groups excluding carboxylic acids is 2.